The van der Waals surface area contributed by atoms with E-state index in [1.807, 2.05) is 68.4 Å². The third-order valence-corrected chi connectivity index (χ3v) is 5.69. The quantitative estimate of drug-likeness (QED) is 0.438. The number of halogens is 1. The molecule has 0 spiro atoms. The molecule has 0 saturated heterocycles. The maximum absolute atomic E-state index is 12.3. The second-order valence-corrected chi connectivity index (χ2v) is 7.31. The number of fused-ring (bicyclic) bond motifs is 3. The van der Waals surface area contributed by atoms with Crippen LogP contribution in [-0.4, -0.2) is 12.5 Å². The van der Waals surface area contributed by atoms with E-state index < -0.39 is 0 Å². The predicted molar refractivity (Wildman–Crippen MR) is 111 cm³/mol. The molecule has 4 aromatic rings. The third kappa shape index (κ3) is 3.55. The van der Waals surface area contributed by atoms with Crippen LogP contribution in [0.5, 0.6) is 5.75 Å². The maximum atomic E-state index is 12.3. The molecule has 1 heterocycles. The van der Waals surface area contributed by atoms with Crippen LogP contribution in [0.2, 0.25) is 0 Å². The largest absolute Gasteiger partial charge is 0.484 e. The van der Waals surface area contributed by atoms with Crippen LogP contribution < -0.4 is 10.1 Å². The van der Waals surface area contributed by atoms with E-state index in [0.29, 0.717) is 11.4 Å². The highest BCUT2D eigenvalue weighted by molar-refractivity contribution is 9.10. The summed E-state index contributed by atoms with van der Waals surface area (Å²) in [4.78, 5) is 12.3. The normalized spacial score (nSPS) is 11.1. The number of para-hydroxylation sites is 1. The van der Waals surface area contributed by atoms with Crippen molar-refractivity contribution in [3.8, 4) is 5.75 Å². The smallest absolute Gasteiger partial charge is 0.262 e. The van der Waals surface area contributed by atoms with Gasteiger partial charge in [0.15, 0.2) is 6.61 Å². The zero-order chi connectivity index (χ0) is 19.0. The topological polar surface area (TPSA) is 51.5 Å². The van der Waals surface area contributed by atoms with E-state index in [1.54, 1.807) is 0 Å². The van der Waals surface area contributed by atoms with Gasteiger partial charge < -0.3 is 14.5 Å². The first-order valence-electron chi connectivity index (χ1n) is 8.62. The third-order valence-electron chi connectivity index (χ3n) is 4.44. The van der Waals surface area contributed by atoms with Gasteiger partial charge >= 0.3 is 0 Å². The van der Waals surface area contributed by atoms with Crippen LogP contribution in [-0.2, 0) is 4.79 Å². The fourth-order valence-electron chi connectivity index (χ4n) is 3.14. The molecule has 4 rings (SSSR count). The van der Waals surface area contributed by atoms with Gasteiger partial charge in [-0.3, -0.25) is 4.79 Å². The van der Waals surface area contributed by atoms with E-state index in [-0.39, 0.29) is 12.5 Å². The molecule has 27 heavy (non-hydrogen) atoms. The van der Waals surface area contributed by atoms with E-state index in [1.165, 1.54) is 0 Å². The number of amides is 1. The zero-order valence-corrected chi connectivity index (χ0v) is 16.6. The van der Waals surface area contributed by atoms with Crippen molar-refractivity contribution in [2.75, 3.05) is 11.9 Å². The van der Waals surface area contributed by atoms with Gasteiger partial charge in [-0.25, -0.2) is 0 Å². The summed E-state index contributed by atoms with van der Waals surface area (Å²) in [6, 6.07) is 17.4. The molecule has 0 atom stereocenters. The standard InChI is InChI=1S/C22H18BrNO3/c1-13-9-16(10-14(2)22(13)23)26-12-21(25)24-15-7-8-18-17-5-3-4-6-19(17)27-20(18)11-15/h3-11H,12H2,1-2H3,(H,24,25). The average molecular weight is 424 g/mol. The Kier molecular flexibility index (Phi) is 4.62. The Morgan fingerprint density at radius 3 is 2.48 bits per heavy atom. The van der Waals surface area contributed by atoms with Crippen LogP contribution >= 0.6 is 15.9 Å². The number of carbonyl (C=O) groups is 1. The summed E-state index contributed by atoms with van der Waals surface area (Å²) in [5, 5.41) is 4.95. The Morgan fingerprint density at radius 2 is 1.70 bits per heavy atom. The molecule has 0 fully saturated rings. The summed E-state index contributed by atoms with van der Waals surface area (Å²) in [6.45, 7) is 3.93. The summed E-state index contributed by atoms with van der Waals surface area (Å²) < 4.78 is 12.5. The number of anilines is 1. The molecule has 0 aliphatic rings. The van der Waals surface area contributed by atoms with Crippen LogP contribution in [0, 0.1) is 13.8 Å². The van der Waals surface area contributed by atoms with Crippen molar-refractivity contribution in [2.24, 2.45) is 0 Å². The Labute approximate surface area is 165 Å². The van der Waals surface area contributed by atoms with Gasteiger partial charge in [0, 0.05) is 27.0 Å². The van der Waals surface area contributed by atoms with E-state index in [9.17, 15) is 4.79 Å². The molecule has 3 aromatic carbocycles. The van der Waals surface area contributed by atoms with Crippen LogP contribution in [0.3, 0.4) is 0 Å². The molecule has 5 heteroatoms. The van der Waals surface area contributed by atoms with Crippen molar-refractivity contribution in [3.63, 3.8) is 0 Å². The van der Waals surface area contributed by atoms with Crippen LogP contribution in [0.1, 0.15) is 11.1 Å². The Bertz CT molecular complexity index is 1140. The molecule has 1 aromatic heterocycles. The average Bonchev–Trinajstić information content (AvgIpc) is 3.02. The highest BCUT2D eigenvalue weighted by Gasteiger charge is 2.10. The monoisotopic (exact) mass is 423 g/mol. The number of carbonyl (C=O) groups excluding carboxylic acids is 1. The van der Waals surface area contributed by atoms with E-state index in [4.69, 9.17) is 9.15 Å². The lowest BCUT2D eigenvalue weighted by molar-refractivity contribution is -0.118. The first-order chi connectivity index (χ1) is 13.0. The van der Waals surface area contributed by atoms with Crippen molar-refractivity contribution in [3.05, 3.63) is 70.2 Å². The fraction of sp³-hybridized carbons (Fsp3) is 0.136. The number of rotatable bonds is 4. The second-order valence-electron chi connectivity index (χ2n) is 6.52. The van der Waals surface area contributed by atoms with Crippen molar-refractivity contribution >= 4 is 49.5 Å². The predicted octanol–water partition coefficient (Wildman–Crippen LogP) is 5.98. The van der Waals surface area contributed by atoms with E-state index >= 15 is 0 Å². The molecule has 136 valence electrons. The van der Waals surface area contributed by atoms with Gasteiger partial charge in [0.1, 0.15) is 16.9 Å². The van der Waals surface area contributed by atoms with Crippen molar-refractivity contribution < 1.29 is 13.9 Å². The van der Waals surface area contributed by atoms with Gasteiger partial charge in [-0.1, -0.05) is 34.1 Å². The molecule has 0 bridgehead atoms. The molecular weight excluding hydrogens is 406 g/mol. The van der Waals surface area contributed by atoms with Gasteiger partial charge in [0.05, 0.1) is 0 Å². The number of nitrogens with one attached hydrogen (secondary N) is 1. The number of furan rings is 1. The maximum Gasteiger partial charge on any atom is 0.262 e. The van der Waals surface area contributed by atoms with Gasteiger partial charge in [0.2, 0.25) is 0 Å². The lowest BCUT2D eigenvalue weighted by Gasteiger charge is -2.10. The van der Waals surface area contributed by atoms with Gasteiger partial charge in [-0.15, -0.1) is 0 Å². The minimum atomic E-state index is -0.219. The number of hydrogen-bond acceptors (Lipinski definition) is 3. The van der Waals surface area contributed by atoms with Crippen molar-refractivity contribution in [1.29, 1.82) is 0 Å². The summed E-state index contributed by atoms with van der Waals surface area (Å²) >= 11 is 3.53. The lowest BCUT2D eigenvalue weighted by atomic mass is 10.1. The number of hydrogen-bond donors (Lipinski definition) is 1. The molecule has 0 aliphatic heterocycles. The van der Waals surface area contributed by atoms with E-state index in [2.05, 4.69) is 21.2 Å². The summed E-state index contributed by atoms with van der Waals surface area (Å²) in [6.07, 6.45) is 0. The molecule has 0 aliphatic carbocycles. The Hall–Kier alpha value is -2.79. The first kappa shape index (κ1) is 17.6. The number of aryl methyl sites for hydroxylation is 2. The Morgan fingerprint density at radius 1 is 1.00 bits per heavy atom. The molecular formula is C22H18BrNO3. The first-order valence-corrected chi connectivity index (χ1v) is 9.41. The summed E-state index contributed by atoms with van der Waals surface area (Å²) in [7, 11) is 0. The Balaban J connectivity index is 1.47. The molecule has 0 saturated carbocycles. The zero-order valence-electron chi connectivity index (χ0n) is 15.0. The number of ether oxygens (including phenoxy) is 1. The minimum absolute atomic E-state index is 0.0569. The van der Waals surface area contributed by atoms with Gasteiger partial charge in [-0.05, 0) is 55.3 Å². The molecule has 1 N–H and O–H groups in total. The minimum Gasteiger partial charge on any atom is -0.484 e. The SMILES string of the molecule is Cc1cc(OCC(=O)Nc2ccc3c(c2)oc2ccccc23)cc(C)c1Br. The lowest BCUT2D eigenvalue weighted by Crippen LogP contribution is -2.20. The fourth-order valence-corrected chi connectivity index (χ4v) is 3.37. The van der Waals surface area contributed by atoms with Gasteiger partial charge in [0.25, 0.3) is 5.91 Å². The van der Waals surface area contributed by atoms with Gasteiger partial charge in [-0.2, -0.15) is 0 Å². The second kappa shape index (κ2) is 7.08. The van der Waals surface area contributed by atoms with Crippen molar-refractivity contribution in [1.82, 2.24) is 0 Å². The van der Waals surface area contributed by atoms with Crippen LogP contribution in [0.15, 0.2) is 63.5 Å². The summed E-state index contributed by atoms with van der Waals surface area (Å²) in [5.74, 6) is 0.458. The molecule has 1 amide bonds. The molecule has 0 unspecified atom stereocenters. The summed E-state index contributed by atoms with van der Waals surface area (Å²) in [5.41, 5.74) is 4.40. The molecule has 4 nitrogen and oxygen atoms in total. The number of benzene rings is 3. The highest BCUT2D eigenvalue weighted by atomic mass is 79.9. The van der Waals surface area contributed by atoms with Crippen LogP contribution in [0.4, 0.5) is 5.69 Å². The van der Waals surface area contributed by atoms with Crippen molar-refractivity contribution in [2.45, 2.75) is 13.8 Å². The highest BCUT2D eigenvalue weighted by Crippen LogP contribution is 2.30. The van der Waals surface area contributed by atoms with Crippen LogP contribution in [0.25, 0.3) is 21.9 Å². The molecule has 0 radical (unpaired) electrons. The van der Waals surface area contributed by atoms with E-state index in [0.717, 1.165) is 37.5 Å².